The number of piperidine rings is 1. The van der Waals surface area contributed by atoms with E-state index < -0.39 is 0 Å². The van der Waals surface area contributed by atoms with Crippen molar-refractivity contribution in [1.82, 2.24) is 15.1 Å². The first-order valence-electron chi connectivity index (χ1n) is 8.52. The topological polar surface area (TPSA) is 100 Å². The van der Waals surface area contributed by atoms with Crippen molar-refractivity contribution in [3.05, 3.63) is 0 Å². The molecular formula is C17H27N5O2. The van der Waals surface area contributed by atoms with Crippen LogP contribution in [0.2, 0.25) is 0 Å². The first kappa shape index (κ1) is 19.9. The maximum Gasteiger partial charge on any atom is 0.236 e. The number of carbonyl (C=O) groups is 2. The molecule has 0 radical (unpaired) electrons. The van der Waals surface area contributed by atoms with Gasteiger partial charge in [0.15, 0.2) is 0 Å². The summed E-state index contributed by atoms with van der Waals surface area (Å²) < 4.78 is 0. The summed E-state index contributed by atoms with van der Waals surface area (Å²) >= 11 is 0. The van der Waals surface area contributed by atoms with E-state index in [1.54, 1.807) is 4.90 Å². The van der Waals surface area contributed by atoms with Gasteiger partial charge in [0.2, 0.25) is 11.8 Å². The Morgan fingerprint density at radius 2 is 1.71 bits per heavy atom. The van der Waals surface area contributed by atoms with E-state index in [1.807, 2.05) is 26.0 Å². The van der Waals surface area contributed by atoms with Gasteiger partial charge in [-0.25, -0.2) is 0 Å². The van der Waals surface area contributed by atoms with E-state index in [0.29, 0.717) is 19.6 Å². The van der Waals surface area contributed by atoms with Gasteiger partial charge < -0.3 is 10.2 Å². The molecule has 0 spiro atoms. The highest BCUT2D eigenvalue weighted by Crippen LogP contribution is 2.11. The third kappa shape index (κ3) is 6.97. The quantitative estimate of drug-likeness (QED) is 0.710. The molecule has 24 heavy (non-hydrogen) atoms. The van der Waals surface area contributed by atoms with Crippen LogP contribution in [0.5, 0.6) is 0 Å². The summed E-state index contributed by atoms with van der Waals surface area (Å²) in [5.74, 6) is 0.0207. The van der Waals surface area contributed by atoms with Crippen molar-refractivity contribution in [2.75, 3.05) is 32.7 Å². The lowest BCUT2D eigenvalue weighted by atomic mass is 10.0. The van der Waals surface area contributed by atoms with Crippen molar-refractivity contribution in [3.8, 4) is 12.1 Å². The van der Waals surface area contributed by atoms with Crippen LogP contribution < -0.4 is 5.32 Å². The third-order valence-corrected chi connectivity index (χ3v) is 4.16. The SMILES string of the molecule is CC(C)C(=O)NC1CCN(CC(=O)N(CCC#N)CCC#N)CC1. The zero-order valence-electron chi connectivity index (χ0n) is 14.6. The molecule has 2 amide bonds. The fourth-order valence-corrected chi connectivity index (χ4v) is 2.63. The lowest BCUT2D eigenvalue weighted by Crippen LogP contribution is -2.48. The lowest BCUT2D eigenvalue weighted by molar-refractivity contribution is -0.133. The van der Waals surface area contributed by atoms with E-state index in [2.05, 4.69) is 10.2 Å². The van der Waals surface area contributed by atoms with Crippen molar-refractivity contribution in [1.29, 1.82) is 10.5 Å². The van der Waals surface area contributed by atoms with E-state index in [4.69, 9.17) is 10.5 Å². The Labute approximate surface area is 144 Å². The molecule has 0 saturated carbocycles. The normalized spacial score (nSPS) is 15.5. The molecule has 132 valence electrons. The molecule has 1 aliphatic rings. The van der Waals surface area contributed by atoms with Gasteiger partial charge >= 0.3 is 0 Å². The molecule has 1 heterocycles. The van der Waals surface area contributed by atoms with Crippen molar-refractivity contribution >= 4 is 11.8 Å². The van der Waals surface area contributed by atoms with E-state index in [0.717, 1.165) is 25.9 Å². The van der Waals surface area contributed by atoms with Gasteiger partial charge in [0.1, 0.15) is 0 Å². The van der Waals surface area contributed by atoms with E-state index >= 15 is 0 Å². The molecule has 0 atom stereocenters. The van der Waals surface area contributed by atoms with Gasteiger partial charge in [-0.15, -0.1) is 0 Å². The first-order chi connectivity index (χ1) is 11.5. The summed E-state index contributed by atoms with van der Waals surface area (Å²) in [4.78, 5) is 27.8. The second-order valence-electron chi connectivity index (χ2n) is 6.41. The summed E-state index contributed by atoms with van der Waals surface area (Å²) in [5.41, 5.74) is 0. The Balaban J connectivity index is 2.41. The van der Waals surface area contributed by atoms with Gasteiger partial charge in [-0.2, -0.15) is 10.5 Å². The molecule has 0 aromatic rings. The highest BCUT2D eigenvalue weighted by atomic mass is 16.2. The maximum atomic E-state index is 12.4. The van der Waals surface area contributed by atoms with E-state index in [-0.39, 0.29) is 36.6 Å². The molecule has 7 heteroatoms. The molecule has 1 saturated heterocycles. The van der Waals surface area contributed by atoms with Crippen LogP contribution in [0.3, 0.4) is 0 Å². The van der Waals surface area contributed by atoms with Gasteiger partial charge in [-0.1, -0.05) is 13.8 Å². The molecule has 0 bridgehead atoms. The van der Waals surface area contributed by atoms with Crippen LogP contribution in [-0.4, -0.2) is 60.4 Å². The second-order valence-corrected chi connectivity index (χ2v) is 6.41. The predicted molar refractivity (Wildman–Crippen MR) is 89.5 cm³/mol. The van der Waals surface area contributed by atoms with Gasteiger partial charge in [0, 0.05) is 38.1 Å². The Morgan fingerprint density at radius 1 is 1.17 bits per heavy atom. The highest BCUT2D eigenvalue weighted by molar-refractivity contribution is 5.78. The number of nitrogens with zero attached hydrogens (tertiary/aromatic N) is 4. The molecular weight excluding hydrogens is 306 g/mol. The number of amides is 2. The van der Waals surface area contributed by atoms with Gasteiger partial charge in [0.25, 0.3) is 0 Å². The second kappa shape index (κ2) is 10.6. The molecule has 0 unspecified atom stereocenters. The summed E-state index contributed by atoms with van der Waals surface area (Å²) in [7, 11) is 0. The largest absolute Gasteiger partial charge is 0.353 e. The molecule has 1 aliphatic heterocycles. The molecule has 1 rings (SSSR count). The van der Waals surface area contributed by atoms with Crippen molar-refractivity contribution in [2.24, 2.45) is 5.92 Å². The van der Waals surface area contributed by atoms with Crippen molar-refractivity contribution < 1.29 is 9.59 Å². The number of carbonyl (C=O) groups excluding carboxylic acids is 2. The Kier molecular flexibility index (Phi) is 8.81. The minimum atomic E-state index is -0.0369. The number of nitrogens with one attached hydrogen (secondary N) is 1. The molecule has 0 aromatic heterocycles. The van der Waals surface area contributed by atoms with Crippen LogP contribution in [0.4, 0.5) is 0 Å². The average molecular weight is 333 g/mol. The lowest BCUT2D eigenvalue weighted by Gasteiger charge is -2.33. The summed E-state index contributed by atoms with van der Waals surface area (Å²) in [6.07, 6.45) is 2.23. The van der Waals surface area contributed by atoms with Crippen LogP contribution in [-0.2, 0) is 9.59 Å². The Hall–Kier alpha value is -2.12. The number of hydrogen-bond acceptors (Lipinski definition) is 5. The summed E-state index contributed by atoms with van der Waals surface area (Å²) in [6.45, 7) is 6.33. The zero-order chi connectivity index (χ0) is 17.9. The van der Waals surface area contributed by atoms with Crippen LogP contribution >= 0.6 is 0 Å². The van der Waals surface area contributed by atoms with Gasteiger partial charge in [0.05, 0.1) is 31.5 Å². The van der Waals surface area contributed by atoms with Crippen LogP contribution in [0.1, 0.15) is 39.5 Å². The molecule has 1 fully saturated rings. The van der Waals surface area contributed by atoms with Crippen LogP contribution in [0.25, 0.3) is 0 Å². The minimum Gasteiger partial charge on any atom is -0.353 e. The minimum absolute atomic E-state index is 0.0153. The number of nitriles is 2. The summed E-state index contributed by atoms with van der Waals surface area (Å²) in [6, 6.07) is 4.25. The number of rotatable bonds is 8. The number of likely N-dealkylation sites (tertiary alicyclic amines) is 1. The van der Waals surface area contributed by atoms with Crippen LogP contribution in [0, 0.1) is 28.6 Å². The fraction of sp³-hybridized carbons (Fsp3) is 0.765. The predicted octanol–water partition coefficient (Wildman–Crippen LogP) is 0.879. The Morgan fingerprint density at radius 3 is 2.17 bits per heavy atom. The van der Waals surface area contributed by atoms with Crippen molar-refractivity contribution in [3.63, 3.8) is 0 Å². The average Bonchev–Trinajstić information content (AvgIpc) is 2.56. The third-order valence-electron chi connectivity index (χ3n) is 4.16. The molecule has 0 aromatic carbocycles. The highest BCUT2D eigenvalue weighted by Gasteiger charge is 2.24. The zero-order valence-corrected chi connectivity index (χ0v) is 14.6. The summed E-state index contributed by atoms with van der Waals surface area (Å²) in [5, 5.41) is 20.4. The van der Waals surface area contributed by atoms with Crippen molar-refractivity contribution in [2.45, 2.75) is 45.6 Å². The monoisotopic (exact) mass is 333 g/mol. The molecule has 7 nitrogen and oxygen atoms in total. The fourth-order valence-electron chi connectivity index (χ4n) is 2.63. The van der Waals surface area contributed by atoms with Gasteiger partial charge in [-0.3, -0.25) is 14.5 Å². The van der Waals surface area contributed by atoms with Crippen LogP contribution in [0.15, 0.2) is 0 Å². The molecule has 1 N–H and O–H groups in total. The van der Waals surface area contributed by atoms with E-state index in [9.17, 15) is 9.59 Å². The maximum absolute atomic E-state index is 12.4. The smallest absolute Gasteiger partial charge is 0.236 e. The Bertz CT molecular complexity index is 480. The first-order valence-corrected chi connectivity index (χ1v) is 8.52. The standard InChI is InChI=1S/C17H27N5O2/c1-14(2)17(24)20-15-5-11-21(12-6-15)13-16(23)22(9-3-7-18)10-4-8-19/h14-15H,3-6,9-13H2,1-2H3,(H,20,24). The van der Waals surface area contributed by atoms with Gasteiger partial charge in [-0.05, 0) is 12.8 Å². The molecule has 0 aliphatic carbocycles. The number of hydrogen-bond donors (Lipinski definition) is 1. The van der Waals surface area contributed by atoms with E-state index in [1.165, 1.54) is 0 Å².